The largest absolute Gasteiger partial charge is 0.398 e. The smallest absolute Gasteiger partial charge is 0.0693 e. The molecule has 1 aliphatic rings. The molecule has 1 saturated heterocycles. The Balaban J connectivity index is 2.03. The first-order valence-electron chi connectivity index (χ1n) is 5.72. The number of nitrogen functional groups attached to an aromatic ring is 1. The van der Waals surface area contributed by atoms with Gasteiger partial charge in [0.2, 0.25) is 0 Å². The predicted molar refractivity (Wildman–Crippen MR) is 73.4 cm³/mol. The minimum atomic E-state index is -1.07. The van der Waals surface area contributed by atoms with Crippen molar-refractivity contribution in [2.75, 3.05) is 18.1 Å². The van der Waals surface area contributed by atoms with E-state index >= 15 is 0 Å². The van der Waals surface area contributed by atoms with Crippen molar-refractivity contribution in [3.63, 3.8) is 0 Å². The Morgan fingerprint density at radius 1 is 1.47 bits per heavy atom. The normalized spacial score (nSPS) is 22.3. The summed E-state index contributed by atoms with van der Waals surface area (Å²) in [5.74, 6) is 0.547. The fraction of sp³-hybridized carbons (Fsp3) is 0.500. The molecular weight excluding hydrogens is 302 g/mol. The molecule has 0 bridgehead atoms. The molecule has 0 amide bonds. The molecule has 1 heterocycles. The lowest BCUT2D eigenvalue weighted by Crippen LogP contribution is -2.25. The Bertz CT molecular complexity index is 419. The van der Waals surface area contributed by atoms with Gasteiger partial charge in [-0.1, -0.05) is 15.9 Å². The van der Waals surface area contributed by atoms with Gasteiger partial charge in [-0.05, 0) is 37.5 Å². The molecular formula is C12H16BrNO2S. The number of hydrogen-bond donors (Lipinski definition) is 1. The van der Waals surface area contributed by atoms with Crippen molar-refractivity contribution in [2.45, 2.75) is 30.3 Å². The second-order valence-electron chi connectivity index (χ2n) is 4.18. The molecule has 5 heteroatoms. The highest BCUT2D eigenvalue weighted by Crippen LogP contribution is 2.23. The van der Waals surface area contributed by atoms with Gasteiger partial charge in [-0.15, -0.1) is 0 Å². The summed E-state index contributed by atoms with van der Waals surface area (Å²) in [6.45, 7) is 0.789. The van der Waals surface area contributed by atoms with Gasteiger partial charge in [0.05, 0.1) is 27.6 Å². The lowest BCUT2D eigenvalue weighted by atomic mass is 10.1. The minimum absolute atomic E-state index is 0.118. The van der Waals surface area contributed by atoms with Gasteiger partial charge in [0, 0.05) is 16.8 Å². The van der Waals surface area contributed by atoms with Crippen LogP contribution in [0.3, 0.4) is 0 Å². The molecule has 0 spiro atoms. The SMILES string of the molecule is Nc1cc(Br)ccc1S(=O)CC1CCCCO1. The number of anilines is 1. The molecule has 1 aromatic carbocycles. The Hall–Kier alpha value is -0.390. The topological polar surface area (TPSA) is 52.3 Å². The van der Waals surface area contributed by atoms with Crippen LogP contribution in [-0.2, 0) is 15.5 Å². The average molecular weight is 318 g/mol. The van der Waals surface area contributed by atoms with Crippen molar-refractivity contribution < 1.29 is 8.95 Å². The molecule has 0 aliphatic carbocycles. The highest BCUT2D eigenvalue weighted by Gasteiger charge is 2.18. The third-order valence-electron chi connectivity index (χ3n) is 2.83. The molecule has 0 radical (unpaired) electrons. The minimum Gasteiger partial charge on any atom is -0.398 e. The van der Waals surface area contributed by atoms with E-state index in [0.717, 1.165) is 30.3 Å². The maximum Gasteiger partial charge on any atom is 0.0693 e. The van der Waals surface area contributed by atoms with E-state index in [1.54, 1.807) is 6.07 Å². The van der Waals surface area contributed by atoms with E-state index in [2.05, 4.69) is 15.9 Å². The van der Waals surface area contributed by atoms with Crippen LogP contribution in [-0.4, -0.2) is 22.7 Å². The highest BCUT2D eigenvalue weighted by molar-refractivity contribution is 9.10. The van der Waals surface area contributed by atoms with Crippen LogP contribution in [0.25, 0.3) is 0 Å². The summed E-state index contributed by atoms with van der Waals surface area (Å²) in [4.78, 5) is 0.711. The zero-order valence-corrected chi connectivity index (χ0v) is 11.9. The Labute approximate surface area is 112 Å². The molecule has 3 nitrogen and oxygen atoms in total. The monoisotopic (exact) mass is 317 g/mol. The summed E-state index contributed by atoms with van der Waals surface area (Å²) in [7, 11) is -1.07. The lowest BCUT2D eigenvalue weighted by Gasteiger charge is -2.22. The molecule has 0 saturated carbocycles. The van der Waals surface area contributed by atoms with Gasteiger partial charge in [0.15, 0.2) is 0 Å². The predicted octanol–water partition coefficient (Wildman–Crippen LogP) is 2.71. The summed E-state index contributed by atoms with van der Waals surface area (Å²) in [6.07, 6.45) is 3.40. The first-order chi connectivity index (χ1) is 8.16. The van der Waals surface area contributed by atoms with E-state index in [-0.39, 0.29) is 6.10 Å². The van der Waals surface area contributed by atoms with E-state index in [0.29, 0.717) is 16.3 Å². The van der Waals surface area contributed by atoms with E-state index < -0.39 is 10.8 Å². The van der Waals surface area contributed by atoms with Gasteiger partial charge >= 0.3 is 0 Å². The first-order valence-corrected chi connectivity index (χ1v) is 7.83. The Morgan fingerprint density at radius 2 is 2.29 bits per heavy atom. The number of rotatable bonds is 3. The number of nitrogens with two attached hydrogens (primary N) is 1. The first kappa shape index (κ1) is 13.1. The molecule has 0 aromatic heterocycles. The lowest BCUT2D eigenvalue weighted by molar-refractivity contribution is 0.0310. The maximum absolute atomic E-state index is 12.2. The zero-order valence-electron chi connectivity index (χ0n) is 9.52. The van der Waals surface area contributed by atoms with Crippen molar-refractivity contribution >= 4 is 32.4 Å². The number of benzene rings is 1. The van der Waals surface area contributed by atoms with Gasteiger partial charge < -0.3 is 10.5 Å². The maximum atomic E-state index is 12.2. The van der Waals surface area contributed by atoms with E-state index in [1.165, 1.54) is 0 Å². The van der Waals surface area contributed by atoms with Crippen LogP contribution in [0.15, 0.2) is 27.6 Å². The molecule has 17 heavy (non-hydrogen) atoms. The Kier molecular flexibility index (Phi) is 4.59. The van der Waals surface area contributed by atoms with Crippen molar-refractivity contribution in [2.24, 2.45) is 0 Å². The van der Waals surface area contributed by atoms with Gasteiger partial charge in [0.1, 0.15) is 0 Å². The molecule has 2 atom stereocenters. The van der Waals surface area contributed by atoms with Crippen LogP contribution in [0, 0.1) is 0 Å². The van der Waals surface area contributed by atoms with Crippen LogP contribution >= 0.6 is 15.9 Å². The number of hydrogen-bond acceptors (Lipinski definition) is 3. The van der Waals surface area contributed by atoms with Crippen molar-refractivity contribution in [3.8, 4) is 0 Å². The second kappa shape index (κ2) is 5.98. The quantitative estimate of drug-likeness (QED) is 0.872. The fourth-order valence-electron chi connectivity index (χ4n) is 1.92. The fourth-order valence-corrected chi connectivity index (χ4v) is 3.62. The van der Waals surface area contributed by atoms with Gasteiger partial charge in [-0.3, -0.25) is 4.21 Å². The van der Waals surface area contributed by atoms with E-state index in [4.69, 9.17) is 10.5 Å². The summed E-state index contributed by atoms with van der Waals surface area (Å²) < 4.78 is 18.7. The second-order valence-corrected chi connectivity index (χ2v) is 6.56. The molecule has 2 N–H and O–H groups in total. The van der Waals surface area contributed by atoms with Crippen LogP contribution < -0.4 is 5.73 Å². The van der Waals surface area contributed by atoms with Crippen LogP contribution in [0.1, 0.15) is 19.3 Å². The third-order valence-corrected chi connectivity index (χ3v) is 4.86. The van der Waals surface area contributed by atoms with Crippen molar-refractivity contribution in [1.82, 2.24) is 0 Å². The van der Waals surface area contributed by atoms with Crippen molar-refractivity contribution in [1.29, 1.82) is 0 Å². The highest BCUT2D eigenvalue weighted by atomic mass is 79.9. The summed E-state index contributed by atoms with van der Waals surface area (Å²) >= 11 is 3.34. The summed E-state index contributed by atoms with van der Waals surface area (Å²) in [6, 6.07) is 5.47. The molecule has 2 rings (SSSR count). The summed E-state index contributed by atoms with van der Waals surface area (Å²) in [5, 5.41) is 0. The van der Waals surface area contributed by atoms with E-state index in [9.17, 15) is 4.21 Å². The molecule has 2 unspecified atom stereocenters. The summed E-state index contributed by atoms with van der Waals surface area (Å²) in [5.41, 5.74) is 6.44. The van der Waals surface area contributed by atoms with Gasteiger partial charge in [-0.25, -0.2) is 0 Å². The van der Waals surface area contributed by atoms with Crippen LogP contribution in [0.2, 0.25) is 0 Å². The standard InChI is InChI=1S/C12H16BrNO2S/c13-9-4-5-12(11(14)7-9)17(15)8-10-3-1-2-6-16-10/h4-5,7,10H,1-3,6,8,14H2. The molecule has 94 valence electrons. The van der Waals surface area contributed by atoms with Crippen molar-refractivity contribution in [3.05, 3.63) is 22.7 Å². The Morgan fingerprint density at radius 3 is 2.94 bits per heavy atom. The zero-order chi connectivity index (χ0) is 12.3. The van der Waals surface area contributed by atoms with Gasteiger partial charge in [0.25, 0.3) is 0 Å². The molecule has 1 fully saturated rings. The van der Waals surface area contributed by atoms with E-state index in [1.807, 2.05) is 12.1 Å². The number of halogens is 1. The number of ether oxygens (including phenoxy) is 1. The van der Waals surface area contributed by atoms with Crippen LogP contribution in [0.5, 0.6) is 0 Å². The van der Waals surface area contributed by atoms with Gasteiger partial charge in [-0.2, -0.15) is 0 Å². The van der Waals surface area contributed by atoms with Crippen LogP contribution in [0.4, 0.5) is 5.69 Å². The molecule has 1 aromatic rings. The third kappa shape index (κ3) is 3.53. The molecule has 1 aliphatic heterocycles. The average Bonchev–Trinajstić information content (AvgIpc) is 2.30.